The van der Waals surface area contributed by atoms with Gasteiger partial charge in [-0.3, -0.25) is 0 Å². The molecule has 2 aromatic carbocycles. The van der Waals surface area contributed by atoms with Gasteiger partial charge in [-0.05, 0) is 75.7 Å². The molecular formula is C29H41B3O7. The van der Waals surface area contributed by atoms with Crippen molar-refractivity contribution in [3.05, 3.63) is 54.6 Å². The van der Waals surface area contributed by atoms with Gasteiger partial charge in [0.05, 0.1) is 6.10 Å². The first-order valence-electron chi connectivity index (χ1n) is 14.6. The van der Waals surface area contributed by atoms with Crippen molar-refractivity contribution in [3.63, 3.8) is 0 Å². The van der Waals surface area contributed by atoms with E-state index in [0.29, 0.717) is 6.42 Å². The molecule has 39 heavy (non-hydrogen) atoms. The molecule has 3 aliphatic heterocycles. The van der Waals surface area contributed by atoms with Crippen LogP contribution in [0.4, 0.5) is 0 Å². The van der Waals surface area contributed by atoms with Gasteiger partial charge >= 0.3 is 21.4 Å². The molecule has 0 aliphatic carbocycles. The molecule has 0 radical (unpaired) electrons. The first kappa shape index (κ1) is 28.9. The third-order valence-electron chi connectivity index (χ3n) is 7.83. The van der Waals surface area contributed by atoms with E-state index in [1.165, 1.54) is 0 Å². The van der Waals surface area contributed by atoms with Crippen LogP contribution in [0, 0.1) is 0 Å². The number of benzene rings is 2. The van der Waals surface area contributed by atoms with Crippen LogP contribution < -0.4 is 16.4 Å². The van der Waals surface area contributed by atoms with Crippen LogP contribution in [0.3, 0.4) is 0 Å². The average molecular weight is 534 g/mol. The summed E-state index contributed by atoms with van der Waals surface area (Å²) in [6.07, 6.45) is 4.64. The maximum atomic E-state index is 10.0. The molecule has 208 valence electrons. The van der Waals surface area contributed by atoms with Crippen LogP contribution in [0.15, 0.2) is 54.6 Å². The van der Waals surface area contributed by atoms with Crippen LogP contribution in [-0.2, 0) is 27.9 Å². The molecule has 10 heteroatoms. The summed E-state index contributed by atoms with van der Waals surface area (Å²) in [7, 11) is -1.24. The van der Waals surface area contributed by atoms with E-state index in [0.717, 1.165) is 48.5 Å². The number of aliphatic hydroxyl groups excluding tert-OH is 1. The van der Waals surface area contributed by atoms with Gasteiger partial charge in [0.15, 0.2) is 0 Å². The van der Waals surface area contributed by atoms with E-state index >= 15 is 0 Å². The molecular weight excluding hydrogens is 493 g/mol. The summed E-state index contributed by atoms with van der Waals surface area (Å²) in [6, 6.07) is 18.2. The summed E-state index contributed by atoms with van der Waals surface area (Å²) in [5.74, 6) is 0. The van der Waals surface area contributed by atoms with E-state index in [-0.39, 0.29) is 43.7 Å². The average Bonchev–Trinajstić information content (AvgIpc) is 2.92. The van der Waals surface area contributed by atoms with E-state index < -0.39 is 20.3 Å². The highest BCUT2D eigenvalue weighted by molar-refractivity contribution is 6.63. The number of aliphatic hydroxyl groups is 1. The molecule has 0 aromatic heterocycles. The second kappa shape index (κ2) is 13.3. The van der Waals surface area contributed by atoms with Gasteiger partial charge in [-0.1, -0.05) is 61.5 Å². The molecule has 5 rings (SSSR count). The van der Waals surface area contributed by atoms with Crippen molar-refractivity contribution in [1.29, 1.82) is 0 Å². The lowest BCUT2D eigenvalue weighted by Crippen LogP contribution is -2.52. The molecule has 0 amide bonds. The summed E-state index contributed by atoms with van der Waals surface area (Å²) < 4.78 is 37.5. The van der Waals surface area contributed by atoms with Crippen LogP contribution in [0.1, 0.15) is 66.2 Å². The Kier molecular flexibility index (Phi) is 9.88. The van der Waals surface area contributed by atoms with Crippen molar-refractivity contribution < 1.29 is 33.0 Å². The molecule has 3 saturated heterocycles. The minimum absolute atomic E-state index is 0.0127. The van der Waals surface area contributed by atoms with E-state index in [4.69, 9.17) is 27.9 Å². The number of rotatable bonds is 8. The van der Waals surface area contributed by atoms with E-state index in [1.54, 1.807) is 6.92 Å². The second-order valence-electron chi connectivity index (χ2n) is 11.4. The van der Waals surface area contributed by atoms with Gasteiger partial charge in [0.1, 0.15) is 0 Å². The highest BCUT2D eigenvalue weighted by Crippen LogP contribution is 2.28. The van der Waals surface area contributed by atoms with Crippen molar-refractivity contribution in [3.8, 4) is 0 Å². The smallest absolute Gasteiger partial charge is 0.405 e. The summed E-state index contributed by atoms with van der Waals surface area (Å²) in [5.41, 5.74) is 2.98. The molecule has 2 aromatic rings. The van der Waals surface area contributed by atoms with E-state index in [1.807, 2.05) is 30.3 Å². The van der Waals surface area contributed by atoms with Gasteiger partial charge in [-0.25, -0.2) is 0 Å². The van der Waals surface area contributed by atoms with Gasteiger partial charge in [0.2, 0.25) is 0 Å². The molecule has 7 unspecified atom stereocenters. The first-order valence-corrected chi connectivity index (χ1v) is 14.6. The number of hydrogen-bond acceptors (Lipinski definition) is 7. The lowest BCUT2D eigenvalue weighted by Gasteiger charge is -2.39. The van der Waals surface area contributed by atoms with Crippen molar-refractivity contribution >= 4 is 37.7 Å². The first-order chi connectivity index (χ1) is 18.9. The zero-order chi connectivity index (χ0) is 27.4. The van der Waals surface area contributed by atoms with Gasteiger partial charge in [-0.15, -0.1) is 0 Å². The van der Waals surface area contributed by atoms with Gasteiger partial charge in [0, 0.05) is 36.6 Å². The Bertz CT molecular complexity index is 1030. The standard InChI is InChI=1S/C29H41B3O7/c1-5-26-16-21(3)34-30(36-26)24-11-13-25(14-12-24)31-35-22(4)17-28(38-31)19-29-18-27(15-20(2)33)37-32(39-29)23-9-7-6-8-10-23/h6-14,20-22,26-29,33H,5,15-19H2,1-4H3. The van der Waals surface area contributed by atoms with Crippen molar-refractivity contribution in [2.75, 3.05) is 0 Å². The van der Waals surface area contributed by atoms with Crippen molar-refractivity contribution in [2.24, 2.45) is 0 Å². The predicted molar refractivity (Wildman–Crippen MR) is 155 cm³/mol. The Morgan fingerprint density at radius 2 is 1.13 bits per heavy atom. The minimum Gasteiger partial charge on any atom is -0.405 e. The zero-order valence-electron chi connectivity index (χ0n) is 23.6. The topological polar surface area (TPSA) is 75.6 Å². The molecule has 0 saturated carbocycles. The molecule has 7 atom stereocenters. The molecule has 3 heterocycles. The summed E-state index contributed by atoms with van der Waals surface area (Å²) in [4.78, 5) is 0. The Morgan fingerprint density at radius 1 is 0.667 bits per heavy atom. The highest BCUT2D eigenvalue weighted by Gasteiger charge is 2.40. The second-order valence-corrected chi connectivity index (χ2v) is 11.4. The van der Waals surface area contributed by atoms with Crippen LogP contribution in [0.5, 0.6) is 0 Å². The van der Waals surface area contributed by atoms with E-state index in [9.17, 15) is 5.11 Å². The van der Waals surface area contributed by atoms with Crippen LogP contribution in [0.25, 0.3) is 0 Å². The maximum Gasteiger partial charge on any atom is 0.494 e. The van der Waals surface area contributed by atoms with Crippen LogP contribution >= 0.6 is 0 Å². The van der Waals surface area contributed by atoms with Crippen LogP contribution in [0.2, 0.25) is 0 Å². The fourth-order valence-electron chi connectivity index (χ4n) is 5.87. The zero-order valence-corrected chi connectivity index (χ0v) is 23.6. The third-order valence-corrected chi connectivity index (χ3v) is 7.83. The van der Waals surface area contributed by atoms with Crippen molar-refractivity contribution in [1.82, 2.24) is 0 Å². The Balaban J connectivity index is 1.23. The normalized spacial score (nSPS) is 30.8. The van der Waals surface area contributed by atoms with Crippen molar-refractivity contribution in [2.45, 2.75) is 109 Å². The van der Waals surface area contributed by atoms with Crippen LogP contribution in [-0.4, -0.2) is 69.2 Å². The monoisotopic (exact) mass is 534 g/mol. The Morgan fingerprint density at radius 3 is 1.69 bits per heavy atom. The molecule has 0 spiro atoms. The summed E-state index contributed by atoms with van der Waals surface area (Å²) in [5, 5.41) is 10.0. The highest BCUT2D eigenvalue weighted by atomic mass is 16.6. The Labute approximate surface area is 234 Å². The SMILES string of the molecule is CCC1CC(C)OB(c2ccc(B3OC(C)CC(CC4CC(CC(C)O)OB(c5ccccc5)O4)O3)cc2)O1. The molecule has 3 aliphatic rings. The fourth-order valence-corrected chi connectivity index (χ4v) is 5.87. The Hall–Kier alpha value is -1.65. The largest absolute Gasteiger partial charge is 0.494 e. The summed E-state index contributed by atoms with van der Waals surface area (Å²) in [6.45, 7) is 8.16. The van der Waals surface area contributed by atoms with Gasteiger partial charge < -0.3 is 33.0 Å². The lowest BCUT2D eigenvalue weighted by atomic mass is 9.71. The molecule has 1 N–H and O–H groups in total. The number of hydrogen-bond donors (Lipinski definition) is 1. The van der Waals surface area contributed by atoms with Gasteiger partial charge in [-0.2, -0.15) is 0 Å². The van der Waals surface area contributed by atoms with Gasteiger partial charge in [0.25, 0.3) is 0 Å². The molecule has 3 fully saturated rings. The maximum absolute atomic E-state index is 10.0. The molecule has 0 bridgehead atoms. The minimum atomic E-state index is -0.450. The molecule has 7 nitrogen and oxygen atoms in total. The quantitative estimate of drug-likeness (QED) is 0.523. The fraction of sp³-hybridized carbons (Fsp3) is 0.586. The lowest BCUT2D eigenvalue weighted by molar-refractivity contribution is -0.0346. The predicted octanol–water partition coefficient (Wildman–Crippen LogP) is 2.61. The third kappa shape index (κ3) is 7.76. The van der Waals surface area contributed by atoms with E-state index in [2.05, 4.69) is 45.0 Å². The summed E-state index contributed by atoms with van der Waals surface area (Å²) >= 11 is 0.